The summed E-state index contributed by atoms with van der Waals surface area (Å²) in [5.74, 6) is 2.51. The molecule has 1 saturated heterocycles. The molecule has 3 aromatic rings. The Kier molecular flexibility index (Phi) is 8.53. The SMILES string of the molecule is COc1ccc(OC)c2sc(N3CCN(CCNC(=O)CCSc4ccc(C)cc4)CC3)nc12. The Morgan fingerprint density at radius 3 is 2.47 bits per heavy atom. The molecule has 9 heteroatoms. The molecule has 0 unspecified atom stereocenters. The fourth-order valence-corrected chi connectivity index (χ4v) is 5.89. The van der Waals surface area contributed by atoms with Crippen LogP contribution in [0.5, 0.6) is 11.5 Å². The van der Waals surface area contributed by atoms with Gasteiger partial charge in [-0.15, -0.1) is 11.8 Å². The number of fused-ring (bicyclic) bond motifs is 1. The number of thiazole rings is 1. The van der Waals surface area contributed by atoms with E-state index in [-0.39, 0.29) is 5.91 Å². The van der Waals surface area contributed by atoms with Crippen LogP contribution >= 0.6 is 23.1 Å². The minimum absolute atomic E-state index is 0.121. The van der Waals surface area contributed by atoms with Crippen LogP contribution in [0.4, 0.5) is 5.13 Å². The number of methoxy groups -OCH3 is 2. The molecule has 0 spiro atoms. The maximum Gasteiger partial charge on any atom is 0.220 e. The number of piperazine rings is 1. The van der Waals surface area contributed by atoms with Crippen molar-refractivity contribution in [3.63, 3.8) is 0 Å². The number of aromatic nitrogens is 1. The number of hydrogen-bond donors (Lipinski definition) is 1. The Bertz CT molecular complexity index is 1050. The summed E-state index contributed by atoms with van der Waals surface area (Å²) in [6.07, 6.45) is 0.539. The quantitative estimate of drug-likeness (QED) is 0.422. The highest BCUT2D eigenvalue weighted by Gasteiger charge is 2.22. The van der Waals surface area contributed by atoms with Crippen molar-refractivity contribution in [3.05, 3.63) is 42.0 Å². The van der Waals surface area contributed by atoms with Crippen molar-refractivity contribution < 1.29 is 14.3 Å². The van der Waals surface area contributed by atoms with Gasteiger partial charge in [0.15, 0.2) is 5.13 Å². The van der Waals surface area contributed by atoms with Crippen LogP contribution in [0.25, 0.3) is 10.2 Å². The number of nitrogens with one attached hydrogen (secondary N) is 1. The summed E-state index contributed by atoms with van der Waals surface area (Å²) >= 11 is 3.37. The van der Waals surface area contributed by atoms with Gasteiger partial charge in [-0.2, -0.15) is 0 Å². The number of nitrogens with zero attached hydrogens (tertiary/aromatic N) is 3. The molecule has 0 aliphatic carbocycles. The van der Waals surface area contributed by atoms with Gasteiger partial charge in [0.1, 0.15) is 21.7 Å². The Balaban J connectivity index is 1.19. The van der Waals surface area contributed by atoms with Gasteiger partial charge in [-0.1, -0.05) is 29.0 Å². The van der Waals surface area contributed by atoms with E-state index in [1.54, 1.807) is 37.3 Å². The molecule has 182 valence electrons. The predicted octanol–water partition coefficient (Wildman–Crippen LogP) is 4.04. The van der Waals surface area contributed by atoms with Gasteiger partial charge in [0.25, 0.3) is 0 Å². The van der Waals surface area contributed by atoms with Crippen molar-refractivity contribution in [1.82, 2.24) is 15.2 Å². The zero-order valence-corrected chi connectivity index (χ0v) is 21.6. The second-order valence-electron chi connectivity index (χ2n) is 8.23. The van der Waals surface area contributed by atoms with Gasteiger partial charge in [-0.3, -0.25) is 9.69 Å². The van der Waals surface area contributed by atoms with Crippen molar-refractivity contribution in [2.75, 3.05) is 64.1 Å². The highest BCUT2D eigenvalue weighted by atomic mass is 32.2. The zero-order chi connectivity index (χ0) is 23.9. The number of anilines is 1. The lowest BCUT2D eigenvalue weighted by molar-refractivity contribution is -0.120. The minimum atomic E-state index is 0.121. The molecule has 1 aromatic heterocycles. The molecule has 1 amide bonds. The van der Waals surface area contributed by atoms with E-state index < -0.39 is 0 Å². The average molecular weight is 501 g/mol. The molecule has 2 heterocycles. The molecule has 1 N–H and O–H groups in total. The first-order valence-corrected chi connectivity index (χ1v) is 13.3. The molecule has 1 fully saturated rings. The summed E-state index contributed by atoms with van der Waals surface area (Å²) in [5.41, 5.74) is 2.11. The number of rotatable bonds is 10. The molecule has 4 rings (SSSR count). The zero-order valence-electron chi connectivity index (χ0n) is 20.0. The fourth-order valence-electron chi connectivity index (χ4n) is 3.91. The monoisotopic (exact) mass is 500 g/mol. The molecule has 2 aromatic carbocycles. The van der Waals surface area contributed by atoms with Crippen molar-refractivity contribution in [3.8, 4) is 11.5 Å². The first-order chi connectivity index (χ1) is 16.6. The van der Waals surface area contributed by atoms with E-state index in [1.807, 2.05) is 12.1 Å². The normalized spacial score (nSPS) is 14.4. The maximum absolute atomic E-state index is 12.2. The van der Waals surface area contributed by atoms with Crippen LogP contribution in [-0.4, -0.2) is 75.0 Å². The van der Waals surface area contributed by atoms with Crippen LogP contribution in [0.3, 0.4) is 0 Å². The van der Waals surface area contributed by atoms with Crippen LogP contribution in [0.15, 0.2) is 41.3 Å². The van der Waals surface area contributed by atoms with Gasteiger partial charge < -0.3 is 19.7 Å². The van der Waals surface area contributed by atoms with Crippen molar-refractivity contribution in [2.24, 2.45) is 0 Å². The first kappa shape index (κ1) is 24.6. The van der Waals surface area contributed by atoms with E-state index in [0.717, 1.165) is 65.3 Å². The molecule has 7 nitrogen and oxygen atoms in total. The highest BCUT2D eigenvalue weighted by molar-refractivity contribution is 7.99. The second-order valence-corrected chi connectivity index (χ2v) is 10.4. The minimum Gasteiger partial charge on any atom is -0.495 e. The van der Waals surface area contributed by atoms with E-state index in [0.29, 0.717) is 13.0 Å². The van der Waals surface area contributed by atoms with Gasteiger partial charge in [-0.05, 0) is 31.2 Å². The molecule has 34 heavy (non-hydrogen) atoms. The third-order valence-electron chi connectivity index (χ3n) is 5.91. The molecular formula is C25H32N4O3S2. The Labute approximate surface area is 209 Å². The fraction of sp³-hybridized carbons (Fsp3) is 0.440. The van der Waals surface area contributed by atoms with Gasteiger partial charge in [0.05, 0.1) is 14.2 Å². The molecule has 1 aliphatic rings. The number of benzene rings is 2. The first-order valence-electron chi connectivity index (χ1n) is 11.5. The molecule has 0 radical (unpaired) electrons. The van der Waals surface area contributed by atoms with Gasteiger partial charge in [0.2, 0.25) is 5.91 Å². The summed E-state index contributed by atoms with van der Waals surface area (Å²) in [5, 5.41) is 4.06. The predicted molar refractivity (Wildman–Crippen MR) is 141 cm³/mol. The molecule has 1 aliphatic heterocycles. The molecule has 0 bridgehead atoms. The van der Waals surface area contributed by atoms with E-state index in [4.69, 9.17) is 14.5 Å². The Hall–Kier alpha value is -2.49. The standard InChI is InChI=1S/C25H32N4O3S2/c1-18-4-6-19(7-5-18)33-17-10-22(30)26-11-12-28-13-15-29(16-14-28)25-27-23-20(31-2)8-9-21(32-3)24(23)34-25/h4-9H,10-17H2,1-3H3,(H,26,30). The van der Waals surface area contributed by atoms with Crippen molar-refractivity contribution in [1.29, 1.82) is 0 Å². The Morgan fingerprint density at radius 1 is 1.06 bits per heavy atom. The van der Waals surface area contributed by atoms with Crippen LogP contribution in [0, 0.1) is 6.92 Å². The van der Waals surface area contributed by atoms with E-state index in [2.05, 4.69) is 46.3 Å². The molecule has 0 atom stereocenters. The largest absolute Gasteiger partial charge is 0.495 e. The van der Waals surface area contributed by atoms with Crippen molar-refractivity contribution in [2.45, 2.75) is 18.2 Å². The van der Waals surface area contributed by atoms with Gasteiger partial charge >= 0.3 is 0 Å². The third-order valence-corrected chi connectivity index (χ3v) is 8.06. The van der Waals surface area contributed by atoms with E-state index >= 15 is 0 Å². The Morgan fingerprint density at radius 2 is 1.76 bits per heavy atom. The van der Waals surface area contributed by atoms with Gasteiger partial charge in [0, 0.05) is 56.3 Å². The van der Waals surface area contributed by atoms with Crippen LogP contribution in [0.2, 0.25) is 0 Å². The van der Waals surface area contributed by atoms with Gasteiger partial charge in [-0.25, -0.2) is 4.98 Å². The van der Waals surface area contributed by atoms with Crippen LogP contribution in [0.1, 0.15) is 12.0 Å². The molecule has 0 saturated carbocycles. The highest BCUT2D eigenvalue weighted by Crippen LogP contribution is 2.40. The second kappa shape index (κ2) is 11.8. The number of carbonyl (C=O) groups is 1. The summed E-state index contributed by atoms with van der Waals surface area (Å²) in [7, 11) is 3.35. The summed E-state index contributed by atoms with van der Waals surface area (Å²) in [6, 6.07) is 12.3. The number of carbonyl (C=O) groups excluding carboxylic acids is 1. The number of thioether (sulfide) groups is 1. The maximum atomic E-state index is 12.2. The lowest BCUT2D eigenvalue weighted by Crippen LogP contribution is -2.48. The number of ether oxygens (including phenoxy) is 2. The van der Waals surface area contributed by atoms with Crippen LogP contribution < -0.4 is 19.7 Å². The smallest absolute Gasteiger partial charge is 0.220 e. The number of hydrogen-bond acceptors (Lipinski definition) is 8. The summed E-state index contributed by atoms with van der Waals surface area (Å²) in [6.45, 7) is 7.34. The van der Waals surface area contributed by atoms with E-state index in [1.165, 1.54) is 10.5 Å². The van der Waals surface area contributed by atoms with Crippen molar-refractivity contribution >= 4 is 44.4 Å². The molecular weight excluding hydrogens is 468 g/mol. The third kappa shape index (κ3) is 6.14. The summed E-state index contributed by atoms with van der Waals surface area (Å²) in [4.78, 5) is 22.9. The number of amides is 1. The lowest BCUT2D eigenvalue weighted by Gasteiger charge is -2.34. The lowest BCUT2D eigenvalue weighted by atomic mass is 10.2. The average Bonchev–Trinajstić information content (AvgIpc) is 3.31. The van der Waals surface area contributed by atoms with Crippen LogP contribution in [-0.2, 0) is 4.79 Å². The van der Waals surface area contributed by atoms with E-state index in [9.17, 15) is 4.79 Å². The summed E-state index contributed by atoms with van der Waals surface area (Å²) < 4.78 is 12.0. The topological polar surface area (TPSA) is 66.9 Å². The number of aryl methyl sites for hydroxylation is 1.